The lowest BCUT2D eigenvalue weighted by atomic mass is 9.92. The van der Waals surface area contributed by atoms with Gasteiger partial charge in [-0.25, -0.2) is 13.1 Å². The fourth-order valence-electron chi connectivity index (χ4n) is 4.54. The summed E-state index contributed by atoms with van der Waals surface area (Å²) in [5.41, 5.74) is 6.25. The summed E-state index contributed by atoms with van der Waals surface area (Å²) in [7, 11) is 2.57. The minimum absolute atomic E-state index is 0.0152. The van der Waals surface area contributed by atoms with E-state index in [0.717, 1.165) is 37.8 Å². The van der Waals surface area contributed by atoms with E-state index in [1.165, 1.54) is 28.8 Å². The molecule has 0 unspecified atom stereocenters. The molecule has 1 N–H and O–H groups in total. The second-order valence-corrected chi connectivity index (χ2v) is 10.3. The van der Waals surface area contributed by atoms with E-state index in [4.69, 9.17) is 0 Å². The van der Waals surface area contributed by atoms with Crippen molar-refractivity contribution in [2.75, 3.05) is 39.1 Å². The molecule has 5 nitrogen and oxygen atoms in total. The number of fused-ring (bicyclic) bond motifs is 2. The van der Waals surface area contributed by atoms with Crippen LogP contribution in [0.4, 0.5) is 5.69 Å². The van der Waals surface area contributed by atoms with Gasteiger partial charge in [0.15, 0.2) is 0 Å². The summed E-state index contributed by atoms with van der Waals surface area (Å²) >= 11 is 0. The molecule has 0 amide bonds. The fourth-order valence-corrected chi connectivity index (χ4v) is 5.63. The lowest BCUT2D eigenvalue weighted by Gasteiger charge is -2.26. The summed E-state index contributed by atoms with van der Waals surface area (Å²) < 4.78 is 28.8. The summed E-state index contributed by atoms with van der Waals surface area (Å²) in [5, 5.41) is 0. The Bertz CT molecular complexity index is 1000. The molecule has 0 saturated carbocycles. The van der Waals surface area contributed by atoms with E-state index in [-0.39, 0.29) is 6.04 Å². The van der Waals surface area contributed by atoms with Crippen LogP contribution < -0.4 is 9.62 Å². The van der Waals surface area contributed by atoms with Crippen molar-refractivity contribution in [1.29, 1.82) is 0 Å². The minimum atomic E-state index is -3.54. The van der Waals surface area contributed by atoms with Crippen molar-refractivity contribution in [1.82, 2.24) is 9.62 Å². The Morgan fingerprint density at radius 3 is 2.52 bits per heavy atom. The molecule has 0 spiro atoms. The second kappa shape index (κ2) is 8.09. The molecule has 1 aliphatic carbocycles. The lowest BCUT2D eigenvalue weighted by Crippen LogP contribution is -2.34. The normalized spacial score (nSPS) is 17.3. The largest absolute Gasteiger partial charge is 0.374 e. The molecule has 0 radical (unpaired) electrons. The smallest absolute Gasteiger partial charge is 0.240 e. The van der Waals surface area contributed by atoms with Crippen LogP contribution in [0.3, 0.4) is 0 Å². The van der Waals surface area contributed by atoms with E-state index < -0.39 is 10.0 Å². The van der Waals surface area contributed by atoms with Crippen LogP contribution in [-0.2, 0) is 29.3 Å². The Labute approximate surface area is 174 Å². The van der Waals surface area contributed by atoms with Gasteiger partial charge < -0.3 is 9.80 Å². The van der Waals surface area contributed by atoms with Crippen LogP contribution in [0.5, 0.6) is 0 Å². The van der Waals surface area contributed by atoms with Gasteiger partial charge in [0.2, 0.25) is 10.0 Å². The van der Waals surface area contributed by atoms with Crippen molar-refractivity contribution in [2.24, 2.45) is 0 Å². The number of hydrogen-bond donors (Lipinski definition) is 1. The predicted molar refractivity (Wildman–Crippen MR) is 118 cm³/mol. The molecule has 2 aromatic rings. The number of rotatable bonds is 6. The third kappa shape index (κ3) is 4.20. The molecular weight excluding hydrogens is 382 g/mol. The number of nitrogens with one attached hydrogen (secondary N) is 1. The zero-order valence-electron chi connectivity index (χ0n) is 17.6. The highest BCUT2D eigenvalue weighted by Crippen LogP contribution is 2.31. The number of hydrogen-bond acceptors (Lipinski definition) is 4. The molecule has 2 aliphatic rings. The first-order chi connectivity index (χ1) is 13.8. The molecule has 4 rings (SSSR count). The Kier molecular flexibility index (Phi) is 5.69. The first kappa shape index (κ1) is 20.4. The molecule has 6 heteroatoms. The highest BCUT2D eigenvalue weighted by molar-refractivity contribution is 7.89. The van der Waals surface area contributed by atoms with Crippen LogP contribution in [0.15, 0.2) is 41.3 Å². The Balaban J connectivity index is 1.52. The molecule has 0 saturated heterocycles. The lowest BCUT2D eigenvalue weighted by molar-refractivity contribution is 0.299. The van der Waals surface area contributed by atoms with Gasteiger partial charge in [0.25, 0.3) is 0 Å². The SMILES string of the molecule is CN1CCc2cc([C@@H](CNS(=O)(=O)c3ccc4c(c3)CCCC4)N(C)C)ccc21. The summed E-state index contributed by atoms with van der Waals surface area (Å²) in [5.74, 6) is 0. The van der Waals surface area contributed by atoms with Gasteiger partial charge in [-0.3, -0.25) is 0 Å². The van der Waals surface area contributed by atoms with Crippen LogP contribution in [0.1, 0.15) is 41.1 Å². The average molecular weight is 414 g/mol. The van der Waals surface area contributed by atoms with E-state index in [1.807, 2.05) is 26.2 Å². The van der Waals surface area contributed by atoms with Crippen molar-refractivity contribution in [2.45, 2.75) is 43.0 Å². The molecule has 2 aromatic carbocycles. The van der Waals surface area contributed by atoms with Crippen molar-refractivity contribution in [3.8, 4) is 0 Å². The van der Waals surface area contributed by atoms with Gasteiger partial charge in [-0.05, 0) is 86.7 Å². The van der Waals surface area contributed by atoms with Gasteiger partial charge in [-0.15, -0.1) is 0 Å². The van der Waals surface area contributed by atoms with E-state index in [0.29, 0.717) is 11.4 Å². The number of nitrogens with zero attached hydrogens (tertiary/aromatic N) is 2. The van der Waals surface area contributed by atoms with Gasteiger partial charge in [-0.2, -0.15) is 0 Å². The predicted octanol–water partition coefficient (Wildman–Crippen LogP) is 3.14. The van der Waals surface area contributed by atoms with E-state index in [9.17, 15) is 8.42 Å². The standard InChI is InChI=1S/C23H31N3O2S/c1-25(2)23(19-9-11-22-20(14-19)12-13-26(22)3)16-24-29(27,28)21-10-8-17-6-4-5-7-18(17)15-21/h8-11,14-15,23-24H,4-7,12-13,16H2,1-3H3/t23-/m1/s1. The summed E-state index contributed by atoms with van der Waals surface area (Å²) in [4.78, 5) is 4.73. The fraction of sp³-hybridized carbons (Fsp3) is 0.478. The van der Waals surface area contributed by atoms with Crippen LogP contribution in [0, 0.1) is 0 Å². The van der Waals surface area contributed by atoms with Gasteiger partial charge in [0.1, 0.15) is 0 Å². The maximum Gasteiger partial charge on any atom is 0.240 e. The maximum absolute atomic E-state index is 13.0. The molecule has 0 aromatic heterocycles. The minimum Gasteiger partial charge on any atom is -0.374 e. The first-order valence-corrected chi connectivity index (χ1v) is 12.0. The number of sulfonamides is 1. The molecule has 0 bridgehead atoms. The monoisotopic (exact) mass is 413 g/mol. The molecule has 29 heavy (non-hydrogen) atoms. The molecular formula is C23H31N3O2S. The zero-order valence-corrected chi connectivity index (χ0v) is 18.4. The molecule has 0 fully saturated rings. The van der Waals surface area contributed by atoms with Crippen molar-refractivity contribution < 1.29 is 8.42 Å². The number of anilines is 1. The zero-order chi connectivity index (χ0) is 20.6. The van der Waals surface area contributed by atoms with Gasteiger partial charge in [0.05, 0.1) is 4.90 Å². The highest BCUT2D eigenvalue weighted by Gasteiger charge is 2.23. The third-order valence-electron chi connectivity index (χ3n) is 6.34. The Morgan fingerprint density at radius 2 is 1.76 bits per heavy atom. The van der Waals surface area contributed by atoms with E-state index >= 15 is 0 Å². The van der Waals surface area contributed by atoms with E-state index in [2.05, 4.69) is 39.8 Å². The van der Waals surface area contributed by atoms with Crippen LogP contribution in [-0.4, -0.2) is 47.6 Å². The molecule has 156 valence electrons. The number of aryl methyl sites for hydroxylation is 2. The second-order valence-electron chi connectivity index (χ2n) is 8.53. The van der Waals surface area contributed by atoms with Gasteiger partial charge in [-0.1, -0.05) is 18.2 Å². The summed E-state index contributed by atoms with van der Waals surface area (Å²) in [6.07, 6.45) is 5.40. The highest BCUT2D eigenvalue weighted by atomic mass is 32.2. The average Bonchev–Trinajstić information content (AvgIpc) is 3.08. The number of benzene rings is 2. The molecule has 1 heterocycles. The topological polar surface area (TPSA) is 52.7 Å². The van der Waals surface area contributed by atoms with Gasteiger partial charge in [0, 0.05) is 31.9 Å². The maximum atomic E-state index is 13.0. The van der Waals surface area contributed by atoms with Gasteiger partial charge >= 0.3 is 0 Å². The van der Waals surface area contributed by atoms with Crippen LogP contribution in [0.2, 0.25) is 0 Å². The first-order valence-electron chi connectivity index (χ1n) is 10.5. The molecule has 1 atom stereocenters. The Hall–Kier alpha value is -1.89. The Morgan fingerprint density at radius 1 is 1.00 bits per heavy atom. The van der Waals surface area contributed by atoms with Crippen molar-refractivity contribution in [3.05, 3.63) is 58.7 Å². The third-order valence-corrected chi connectivity index (χ3v) is 7.76. The van der Waals surface area contributed by atoms with Crippen molar-refractivity contribution in [3.63, 3.8) is 0 Å². The quantitative estimate of drug-likeness (QED) is 0.791. The summed E-state index contributed by atoms with van der Waals surface area (Å²) in [6.45, 7) is 1.39. The van der Waals surface area contributed by atoms with Crippen molar-refractivity contribution >= 4 is 15.7 Å². The summed E-state index contributed by atoms with van der Waals surface area (Å²) in [6, 6.07) is 12.1. The number of likely N-dealkylation sites (N-methyl/N-ethyl adjacent to an activating group) is 2. The van der Waals surface area contributed by atoms with Crippen LogP contribution >= 0.6 is 0 Å². The molecule has 1 aliphatic heterocycles. The van der Waals surface area contributed by atoms with E-state index in [1.54, 1.807) is 6.07 Å². The van der Waals surface area contributed by atoms with Crippen LogP contribution in [0.25, 0.3) is 0 Å².